The molecule has 1 saturated heterocycles. The molecular formula is C18H27ClIN5O. The number of rotatable bonds is 5. The van der Waals surface area contributed by atoms with Gasteiger partial charge in [0.15, 0.2) is 5.96 Å². The summed E-state index contributed by atoms with van der Waals surface area (Å²) >= 11 is 6.10. The minimum Gasteiger partial charge on any atom is -0.369 e. The van der Waals surface area contributed by atoms with E-state index in [-0.39, 0.29) is 36.4 Å². The van der Waals surface area contributed by atoms with Gasteiger partial charge in [-0.25, -0.2) is 4.99 Å². The highest BCUT2D eigenvalue weighted by Gasteiger charge is 2.27. The molecule has 0 radical (unpaired) electrons. The van der Waals surface area contributed by atoms with Gasteiger partial charge in [-0.1, -0.05) is 17.7 Å². The molecule has 6 nitrogen and oxygen atoms in total. The summed E-state index contributed by atoms with van der Waals surface area (Å²) in [6.45, 7) is 2.04. The predicted molar refractivity (Wildman–Crippen MR) is 118 cm³/mol. The van der Waals surface area contributed by atoms with Crippen molar-refractivity contribution in [3.8, 4) is 0 Å². The Balaban J connectivity index is 0.00000243. The third-order valence-electron chi connectivity index (χ3n) is 4.49. The highest BCUT2D eigenvalue weighted by atomic mass is 127. The summed E-state index contributed by atoms with van der Waals surface area (Å²) in [6, 6.07) is 8.75. The van der Waals surface area contributed by atoms with Crippen LogP contribution in [0, 0.1) is 0 Å². The van der Waals surface area contributed by atoms with Crippen molar-refractivity contribution in [2.45, 2.75) is 31.3 Å². The van der Waals surface area contributed by atoms with E-state index in [4.69, 9.17) is 11.6 Å². The molecule has 0 spiro atoms. The molecule has 0 aromatic heterocycles. The Morgan fingerprint density at radius 1 is 1.27 bits per heavy atom. The van der Waals surface area contributed by atoms with Gasteiger partial charge in [0.25, 0.3) is 0 Å². The third-order valence-corrected chi connectivity index (χ3v) is 4.73. The van der Waals surface area contributed by atoms with Crippen LogP contribution in [0.2, 0.25) is 5.02 Å². The average Bonchev–Trinajstić information content (AvgIpc) is 3.27. The first-order chi connectivity index (χ1) is 12.0. The first kappa shape index (κ1) is 21.1. The molecule has 2 N–H and O–H groups in total. The lowest BCUT2D eigenvalue weighted by molar-refractivity contribution is -0.127. The van der Waals surface area contributed by atoms with Crippen LogP contribution in [0.15, 0.2) is 29.3 Å². The van der Waals surface area contributed by atoms with Gasteiger partial charge < -0.3 is 20.4 Å². The second-order valence-electron chi connectivity index (χ2n) is 6.93. The van der Waals surface area contributed by atoms with Crippen molar-refractivity contribution >= 4 is 53.1 Å². The lowest BCUT2D eigenvalue weighted by Gasteiger charge is -2.21. The minimum atomic E-state index is 0. The van der Waals surface area contributed by atoms with E-state index in [0.29, 0.717) is 12.1 Å². The van der Waals surface area contributed by atoms with Gasteiger partial charge in [-0.05, 0) is 37.5 Å². The van der Waals surface area contributed by atoms with Crippen molar-refractivity contribution in [3.63, 3.8) is 0 Å². The largest absolute Gasteiger partial charge is 0.369 e. The number of carbonyl (C=O) groups is 1. The van der Waals surface area contributed by atoms with E-state index in [2.05, 4.69) is 26.6 Å². The Hall–Kier alpha value is -1.22. The number of halogens is 2. The maximum absolute atomic E-state index is 11.8. The topological polar surface area (TPSA) is 60.0 Å². The Bertz CT molecular complexity index is 650. The number of nitrogens with one attached hydrogen (secondary N) is 2. The summed E-state index contributed by atoms with van der Waals surface area (Å²) in [7, 11) is 3.50. The summed E-state index contributed by atoms with van der Waals surface area (Å²) in [4.78, 5) is 20.1. The van der Waals surface area contributed by atoms with Crippen LogP contribution in [0.3, 0.4) is 0 Å². The molecule has 1 saturated carbocycles. The number of hydrogen-bond acceptors (Lipinski definition) is 3. The van der Waals surface area contributed by atoms with Crippen LogP contribution in [-0.4, -0.2) is 62.6 Å². The zero-order valence-electron chi connectivity index (χ0n) is 15.2. The first-order valence-electron chi connectivity index (χ1n) is 8.79. The maximum atomic E-state index is 11.8. The van der Waals surface area contributed by atoms with E-state index in [0.717, 1.165) is 36.2 Å². The third kappa shape index (κ3) is 6.19. The van der Waals surface area contributed by atoms with Gasteiger partial charge in [0.05, 0.1) is 0 Å². The molecule has 1 heterocycles. The monoisotopic (exact) mass is 491 g/mol. The number of guanidine groups is 1. The summed E-state index contributed by atoms with van der Waals surface area (Å²) < 4.78 is 0. The smallest absolute Gasteiger partial charge is 0.243 e. The molecular weight excluding hydrogens is 465 g/mol. The second-order valence-corrected chi connectivity index (χ2v) is 7.36. The number of hydrogen-bond donors (Lipinski definition) is 2. The molecule has 144 valence electrons. The van der Waals surface area contributed by atoms with Gasteiger partial charge in [0.2, 0.25) is 5.91 Å². The number of aliphatic imine (C=N–C) groups is 1. The van der Waals surface area contributed by atoms with Crippen LogP contribution >= 0.6 is 35.6 Å². The summed E-state index contributed by atoms with van der Waals surface area (Å²) in [5.74, 6) is 0.750. The molecule has 0 bridgehead atoms. The van der Waals surface area contributed by atoms with E-state index < -0.39 is 0 Å². The van der Waals surface area contributed by atoms with Crippen molar-refractivity contribution in [3.05, 3.63) is 29.3 Å². The molecule has 26 heavy (non-hydrogen) atoms. The van der Waals surface area contributed by atoms with E-state index in [1.807, 2.05) is 18.2 Å². The van der Waals surface area contributed by atoms with Crippen LogP contribution in [0.1, 0.15) is 19.3 Å². The number of nitrogens with zero attached hydrogens (tertiary/aromatic N) is 3. The average molecular weight is 492 g/mol. The fraction of sp³-hybridized carbons (Fsp3) is 0.556. The molecule has 1 aromatic carbocycles. The molecule has 1 aliphatic carbocycles. The Morgan fingerprint density at radius 2 is 2.00 bits per heavy atom. The van der Waals surface area contributed by atoms with Crippen molar-refractivity contribution < 1.29 is 4.79 Å². The van der Waals surface area contributed by atoms with Gasteiger partial charge in [-0.2, -0.15) is 0 Å². The van der Waals surface area contributed by atoms with Gasteiger partial charge in [-0.3, -0.25) is 4.79 Å². The number of anilines is 1. The lowest BCUT2D eigenvalue weighted by Crippen LogP contribution is -2.46. The molecule has 1 unspecified atom stereocenters. The first-order valence-corrected chi connectivity index (χ1v) is 9.17. The number of benzene rings is 1. The fourth-order valence-electron chi connectivity index (χ4n) is 2.82. The standard InChI is InChI=1S/C18H26ClN5O.HI/c1-23(2)17(25)11-20-18(21-14-6-7-14)22-15-8-9-24(12-15)16-5-3-4-13(19)10-16;/h3-5,10,14-15H,6-9,11-12H2,1-2H3,(H2,20,21,22);1H. The predicted octanol–water partition coefficient (Wildman–Crippen LogP) is 2.32. The lowest BCUT2D eigenvalue weighted by atomic mass is 10.2. The summed E-state index contributed by atoms with van der Waals surface area (Å²) in [5.41, 5.74) is 1.15. The second kappa shape index (κ2) is 9.64. The fourth-order valence-corrected chi connectivity index (χ4v) is 3.01. The van der Waals surface area contributed by atoms with Crippen LogP contribution in [0.5, 0.6) is 0 Å². The normalized spacial score (nSPS) is 19.7. The van der Waals surface area contributed by atoms with E-state index in [1.165, 1.54) is 12.8 Å². The van der Waals surface area contributed by atoms with Crippen molar-refractivity contribution in [2.75, 3.05) is 38.6 Å². The maximum Gasteiger partial charge on any atom is 0.243 e. The minimum absolute atomic E-state index is 0. The van der Waals surface area contributed by atoms with E-state index in [1.54, 1.807) is 19.0 Å². The van der Waals surface area contributed by atoms with E-state index in [9.17, 15) is 4.79 Å². The van der Waals surface area contributed by atoms with Crippen molar-refractivity contribution in [2.24, 2.45) is 4.99 Å². The molecule has 1 amide bonds. The van der Waals surface area contributed by atoms with Crippen LogP contribution in [0.25, 0.3) is 0 Å². The zero-order valence-corrected chi connectivity index (χ0v) is 18.3. The van der Waals surface area contributed by atoms with Crippen molar-refractivity contribution in [1.29, 1.82) is 0 Å². The van der Waals surface area contributed by atoms with Gasteiger partial charge in [0.1, 0.15) is 6.54 Å². The Labute approximate surface area is 177 Å². The summed E-state index contributed by atoms with van der Waals surface area (Å²) in [6.07, 6.45) is 3.36. The van der Waals surface area contributed by atoms with Crippen LogP contribution in [-0.2, 0) is 4.79 Å². The molecule has 2 aliphatic rings. The Morgan fingerprint density at radius 3 is 2.65 bits per heavy atom. The molecule has 1 atom stereocenters. The molecule has 2 fully saturated rings. The van der Waals surface area contributed by atoms with Crippen LogP contribution < -0.4 is 15.5 Å². The van der Waals surface area contributed by atoms with Crippen molar-refractivity contribution in [1.82, 2.24) is 15.5 Å². The SMILES string of the molecule is CN(C)C(=O)CN=C(NC1CC1)NC1CCN(c2cccc(Cl)c2)C1.I. The van der Waals surface area contributed by atoms with Gasteiger partial charge in [0, 0.05) is 50.0 Å². The quantitative estimate of drug-likeness (QED) is 0.377. The molecule has 1 aliphatic heterocycles. The van der Waals surface area contributed by atoms with Gasteiger partial charge in [-0.15, -0.1) is 24.0 Å². The van der Waals surface area contributed by atoms with Gasteiger partial charge >= 0.3 is 0 Å². The number of carbonyl (C=O) groups excluding carboxylic acids is 1. The van der Waals surface area contributed by atoms with E-state index >= 15 is 0 Å². The zero-order chi connectivity index (χ0) is 17.8. The summed E-state index contributed by atoms with van der Waals surface area (Å²) in [5, 5.41) is 7.65. The van der Waals surface area contributed by atoms with Crippen LogP contribution in [0.4, 0.5) is 5.69 Å². The number of likely N-dealkylation sites (N-methyl/N-ethyl adjacent to an activating group) is 1. The Kier molecular flexibility index (Phi) is 7.82. The highest BCUT2D eigenvalue weighted by molar-refractivity contribution is 14.0. The molecule has 3 rings (SSSR count). The number of amides is 1. The highest BCUT2D eigenvalue weighted by Crippen LogP contribution is 2.23. The molecule has 8 heteroatoms. The molecule has 1 aromatic rings.